The van der Waals surface area contributed by atoms with Gasteiger partial charge in [0.15, 0.2) is 11.5 Å². The second kappa shape index (κ2) is 13.3. The molecular weight excluding hydrogens is 534 g/mol. The molecule has 1 amide bonds. The maximum absolute atomic E-state index is 13.1. The van der Waals surface area contributed by atoms with Gasteiger partial charge in [0.1, 0.15) is 30.4 Å². The molecular formula is C33H31N3O6. The third kappa shape index (κ3) is 6.64. The normalized spacial score (nSPS) is 10.5. The van der Waals surface area contributed by atoms with Gasteiger partial charge in [0.2, 0.25) is 5.75 Å². The Hall–Kier alpha value is -5.44. The number of nitrogens with zero attached hydrogens (tertiary/aromatic N) is 1. The number of anilines is 1. The number of benzene rings is 4. The van der Waals surface area contributed by atoms with E-state index in [1.165, 1.54) is 21.3 Å². The molecule has 0 spiro atoms. The zero-order chi connectivity index (χ0) is 29.3. The highest BCUT2D eigenvalue weighted by atomic mass is 16.5. The van der Waals surface area contributed by atoms with Crippen LogP contribution in [-0.2, 0) is 13.2 Å². The number of rotatable bonds is 12. The van der Waals surface area contributed by atoms with Crippen LogP contribution in [0.4, 0.5) is 5.69 Å². The quantitative estimate of drug-likeness (QED) is 0.178. The molecule has 0 unspecified atom stereocenters. The Morgan fingerprint density at radius 2 is 1.33 bits per heavy atom. The van der Waals surface area contributed by atoms with Crippen molar-refractivity contribution in [2.24, 2.45) is 0 Å². The summed E-state index contributed by atoms with van der Waals surface area (Å²) in [6.07, 6.45) is 0. The molecule has 2 N–H and O–H groups in total. The Bertz CT molecular complexity index is 1610. The summed E-state index contributed by atoms with van der Waals surface area (Å²) in [6.45, 7) is 0.779. The number of carbonyl (C=O) groups excluding carboxylic acids is 1. The molecule has 0 saturated heterocycles. The van der Waals surface area contributed by atoms with Gasteiger partial charge in [-0.3, -0.25) is 9.89 Å². The zero-order valence-corrected chi connectivity index (χ0v) is 23.5. The van der Waals surface area contributed by atoms with Gasteiger partial charge in [-0.15, -0.1) is 0 Å². The van der Waals surface area contributed by atoms with Crippen LogP contribution in [0.15, 0.2) is 97.1 Å². The number of nitrogens with one attached hydrogen (secondary N) is 2. The molecule has 1 aromatic heterocycles. The second-order valence-corrected chi connectivity index (χ2v) is 9.24. The first kappa shape index (κ1) is 28.1. The van der Waals surface area contributed by atoms with Gasteiger partial charge in [-0.25, -0.2) is 0 Å². The number of methoxy groups -OCH3 is 3. The molecule has 0 atom stereocenters. The van der Waals surface area contributed by atoms with E-state index >= 15 is 0 Å². The first-order chi connectivity index (χ1) is 20.6. The lowest BCUT2D eigenvalue weighted by atomic mass is 10.1. The molecule has 0 fully saturated rings. The predicted octanol–water partition coefficient (Wildman–Crippen LogP) is 6.51. The van der Waals surface area contributed by atoms with Gasteiger partial charge < -0.3 is 29.0 Å². The molecule has 0 aliphatic heterocycles. The van der Waals surface area contributed by atoms with Crippen molar-refractivity contribution in [2.45, 2.75) is 13.2 Å². The highest BCUT2D eigenvalue weighted by Crippen LogP contribution is 2.40. The summed E-state index contributed by atoms with van der Waals surface area (Å²) in [5.74, 6) is 2.12. The largest absolute Gasteiger partial charge is 0.493 e. The van der Waals surface area contributed by atoms with Crippen molar-refractivity contribution in [2.75, 3.05) is 26.6 Å². The molecule has 9 nitrogen and oxygen atoms in total. The van der Waals surface area contributed by atoms with Crippen LogP contribution in [0.2, 0.25) is 0 Å². The number of carbonyl (C=O) groups is 1. The van der Waals surface area contributed by atoms with Gasteiger partial charge in [-0.05, 0) is 29.3 Å². The highest BCUT2D eigenvalue weighted by molar-refractivity contribution is 6.03. The smallest absolute Gasteiger partial charge is 0.273 e. The van der Waals surface area contributed by atoms with E-state index in [2.05, 4.69) is 15.5 Å². The van der Waals surface area contributed by atoms with E-state index in [4.69, 9.17) is 23.7 Å². The van der Waals surface area contributed by atoms with E-state index in [1.807, 2.05) is 78.9 Å². The summed E-state index contributed by atoms with van der Waals surface area (Å²) < 4.78 is 28.4. The molecule has 1 heterocycles. The van der Waals surface area contributed by atoms with Crippen molar-refractivity contribution in [3.8, 4) is 40.0 Å². The van der Waals surface area contributed by atoms with Crippen LogP contribution < -0.4 is 29.0 Å². The Labute approximate surface area is 244 Å². The second-order valence-electron chi connectivity index (χ2n) is 9.24. The third-order valence-electron chi connectivity index (χ3n) is 6.46. The molecule has 0 aliphatic rings. The summed E-state index contributed by atoms with van der Waals surface area (Å²) in [5, 5.41) is 10.1. The fourth-order valence-electron chi connectivity index (χ4n) is 4.33. The average Bonchev–Trinajstić information content (AvgIpc) is 3.54. The van der Waals surface area contributed by atoms with E-state index in [-0.39, 0.29) is 5.69 Å². The topological polar surface area (TPSA) is 104 Å². The van der Waals surface area contributed by atoms with E-state index < -0.39 is 5.91 Å². The molecule has 0 bridgehead atoms. The molecule has 42 heavy (non-hydrogen) atoms. The number of hydrogen-bond donors (Lipinski definition) is 2. The van der Waals surface area contributed by atoms with Crippen molar-refractivity contribution in [1.82, 2.24) is 10.2 Å². The van der Waals surface area contributed by atoms with Crippen LogP contribution >= 0.6 is 0 Å². The summed E-state index contributed by atoms with van der Waals surface area (Å²) in [4.78, 5) is 13.1. The van der Waals surface area contributed by atoms with Crippen LogP contribution in [0.1, 0.15) is 21.6 Å². The van der Waals surface area contributed by atoms with Crippen molar-refractivity contribution in [3.63, 3.8) is 0 Å². The first-order valence-corrected chi connectivity index (χ1v) is 13.2. The van der Waals surface area contributed by atoms with Gasteiger partial charge in [-0.1, -0.05) is 60.7 Å². The predicted molar refractivity (Wildman–Crippen MR) is 160 cm³/mol. The molecule has 0 radical (unpaired) electrons. The number of aromatic amines is 1. The Balaban J connectivity index is 1.38. The summed E-state index contributed by atoms with van der Waals surface area (Å²) >= 11 is 0. The van der Waals surface area contributed by atoms with Crippen molar-refractivity contribution < 1.29 is 28.5 Å². The maximum Gasteiger partial charge on any atom is 0.273 e. The van der Waals surface area contributed by atoms with Crippen molar-refractivity contribution in [3.05, 3.63) is 114 Å². The SMILES string of the molecule is COc1cc(NC(=O)c2cc(-c3ccc(OCc4ccccc4)cc3OCc3ccccc3)n[nH]2)cc(OC)c1OC. The lowest BCUT2D eigenvalue weighted by molar-refractivity contribution is 0.102. The van der Waals surface area contributed by atoms with Crippen molar-refractivity contribution >= 4 is 11.6 Å². The number of aromatic nitrogens is 2. The molecule has 0 saturated carbocycles. The van der Waals surface area contributed by atoms with Crippen LogP contribution in [0.5, 0.6) is 28.7 Å². The van der Waals surface area contributed by atoms with Gasteiger partial charge in [0.25, 0.3) is 5.91 Å². The fraction of sp³-hybridized carbons (Fsp3) is 0.152. The first-order valence-electron chi connectivity index (χ1n) is 13.2. The maximum atomic E-state index is 13.1. The molecule has 214 valence electrons. The number of amides is 1. The van der Waals surface area contributed by atoms with Crippen LogP contribution in [0.3, 0.4) is 0 Å². The Kier molecular flexibility index (Phi) is 8.88. The summed E-state index contributed by atoms with van der Waals surface area (Å²) in [7, 11) is 4.55. The summed E-state index contributed by atoms with van der Waals surface area (Å²) in [6, 6.07) is 30.4. The Morgan fingerprint density at radius 3 is 1.93 bits per heavy atom. The monoisotopic (exact) mass is 565 g/mol. The van der Waals surface area contributed by atoms with Crippen LogP contribution in [0.25, 0.3) is 11.3 Å². The number of hydrogen-bond acceptors (Lipinski definition) is 7. The Morgan fingerprint density at radius 1 is 0.714 bits per heavy atom. The molecule has 4 aromatic carbocycles. The van der Waals surface area contributed by atoms with Gasteiger partial charge in [0.05, 0.1) is 27.0 Å². The molecule has 9 heteroatoms. The van der Waals surface area contributed by atoms with Gasteiger partial charge in [-0.2, -0.15) is 5.10 Å². The molecule has 5 aromatic rings. The van der Waals surface area contributed by atoms with E-state index in [0.29, 0.717) is 58.9 Å². The van der Waals surface area contributed by atoms with Crippen LogP contribution in [-0.4, -0.2) is 37.4 Å². The van der Waals surface area contributed by atoms with Crippen LogP contribution in [0, 0.1) is 0 Å². The summed E-state index contributed by atoms with van der Waals surface area (Å²) in [5.41, 5.74) is 4.06. The minimum Gasteiger partial charge on any atom is -0.493 e. The minimum absolute atomic E-state index is 0.261. The van der Waals surface area contributed by atoms with E-state index in [9.17, 15) is 4.79 Å². The average molecular weight is 566 g/mol. The lowest BCUT2D eigenvalue weighted by Crippen LogP contribution is -2.12. The number of ether oxygens (including phenoxy) is 5. The van der Waals surface area contributed by atoms with Crippen molar-refractivity contribution in [1.29, 1.82) is 0 Å². The standard InChI is InChI=1S/C33H31N3O6/c1-38-30-16-24(17-31(39-2)32(30)40-3)34-33(37)28-19-27(35-36-28)26-15-14-25(41-20-22-10-6-4-7-11-22)18-29(26)42-21-23-12-8-5-9-13-23/h4-19H,20-21H2,1-3H3,(H,34,37)(H,35,36). The molecule has 0 aliphatic carbocycles. The highest BCUT2D eigenvalue weighted by Gasteiger charge is 2.18. The number of H-pyrrole nitrogens is 1. The van der Waals surface area contributed by atoms with E-state index in [1.54, 1.807) is 18.2 Å². The molecule has 5 rings (SSSR count). The van der Waals surface area contributed by atoms with Gasteiger partial charge in [0, 0.05) is 29.4 Å². The van der Waals surface area contributed by atoms with E-state index in [0.717, 1.165) is 11.1 Å². The minimum atomic E-state index is -0.391. The lowest BCUT2D eigenvalue weighted by Gasteiger charge is -2.14. The third-order valence-corrected chi connectivity index (χ3v) is 6.46. The zero-order valence-electron chi connectivity index (χ0n) is 23.5. The van der Waals surface area contributed by atoms with Gasteiger partial charge >= 0.3 is 0 Å². The fourth-order valence-corrected chi connectivity index (χ4v) is 4.33.